The largest absolute Gasteiger partial charge is 0.444 e. The van der Waals surface area contributed by atoms with E-state index in [1.807, 2.05) is 32.5 Å². The average Bonchev–Trinajstić information content (AvgIpc) is 2.95. The Balaban J connectivity index is 1.55. The van der Waals surface area contributed by atoms with Gasteiger partial charge in [-0.05, 0) is 45.8 Å². The van der Waals surface area contributed by atoms with E-state index >= 15 is 0 Å². The van der Waals surface area contributed by atoms with Crippen LogP contribution in [-0.2, 0) is 9.47 Å². The lowest BCUT2D eigenvalue weighted by atomic mass is 10.1. The minimum absolute atomic E-state index is 0.202. The molecule has 0 bridgehead atoms. The zero-order valence-electron chi connectivity index (χ0n) is 14.1. The normalized spacial score (nSPS) is 23.8. The van der Waals surface area contributed by atoms with E-state index in [0.29, 0.717) is 6.04 Å². The molecule has 128 valence electrons. The quantitative estimate of drug-likeness (QED) is 0.785. The van der Waals surface area contributed by atoms with Crippen LogP contribution in [0.1, 0.15) is 40.0 Å². The maximum absolute atomic E-state index is 12.0. The Morgan fingerprint density at radius 2 is 2.00 bits per heavy atom. The number of rotatable bonds is 5. The first-order chi connectivity index (χ1) is 10.4. The first-order valence-electron chi connectivity index (χ1n) is 8.35. The highest BCUT2D eigenvalue weighted by Gasteiger charge is 2.27. The molecule has 0 aromatic carbocycles. The van der Waals surface area contributed by atoms with E-state index in [1.165, 1.54) is 17.9 Å². The van der Waals surface area contributed by atoms with Crippen LogP contribution in [0.15, 0.2) is 0 Å². The maximum Gasteiger partial charge on any atom is 0.410 e. The third-order valence-electron chi connectivity index (χ3n) is 3.91. The molecule has 0 saturated carbocycles. The third kappa shape index (κ3) is 6.34. The van der Waals surface area contributed by atoms with Crippen molar-refractivity contribution in [3.05, 3.63) is 0 Å². The first kappa shape index (κ1) is 17.9. The van der Waals surface area contributed by atoms with Crippen molar-refractivity contribution in [2.75, 3.05) is 37.7 Å². The van der Waals surface area contributed by atoms with Gasteiger partial charge in [-0.15, -0.1) is 0 Å². The summed E-state index contributed by atoms with van der Waals surface area (Å²) in [6.45, 7) is 8.85. The SMILES string of the molecule is CC(C)(C)OC(=O)N1CCC(OCCNC2CCSC2)CC1. The fraction of sp³-hybridized carbons (Fsp3) is 0.938. The number of likely N-dealkylation sites (tertiary alicyclic amines) is 1. The van der Waals surface area contributed by atoms with Gasteiger partial charge in [0.05, 0.1) is 12.7 Å². The molecule has 0 aromatic heterocycles. The van der Waals surface area contributed by atoms with E-state index in [2.05, 4.69) is 5.32 Å². The molecule has 2 rings (SSSR count). The van der Waals surface area contributed by atoms with Crippen molar-refractivity contribution in [1.82, 2.24) is 10.2 Å². The van der Waals surface area contributed by atoms with Gasteiger partial charge in [0.25, 0.3) is 0 Å². The van der Waals surface area contributed by atoms with E-state index in [1.54, 1.807) is 4.90 Å². The highest BCUT2D eigenvalue weighted by molar-refractivity contribution is 7.99. The van der Waals surface area contributed by atoms with Gasteiger partial charge in [0, 0.05) is 31.4 Å². The highest BCUT2D eigenvalue weighted by Crippen LogP contribution is 2.18. The van der Waals surface area contributed by atoms with Gasteiger partial charge in [0.15, 0.2) is 0 Å². The molecule has 0 aliphatic carbocycles. The van der Waals surface area contributed by atoms with Crippen molar-refractivity contribution in [3.8, 4) is 0 Å². The molecule has 2 heterocycles. The van der Waals surface area contributed by atoms with Crippen LogP contribution in [0.25, 0.3) is 0 Å². The summed E-state index contributed by atoms with van der Waals surface area (Å²) in [7, 11) is 0. The second kappa shape index (κ2) is 8.41. The number of amides is 1. The summed E-state index contributed by atoms with van der Waals surface area (Å²) >= 11 is 2.02. The van der Waals surface area contributed by atoms with Crippen molar-refractivity contribution >= 4 is 17.9 Å². The van der Waals surface area contributed by atoms with E-state index in [9.17, 15) is 4.79 Å². The fourth-order valence-corrected chi connectivity index (χ4v) is 3.90. The van der Waals surface area contributed by atoms with Crippen LogP contribution in [0.4, 0.5) is 4.79 Å². The summed E-state index contributed by atoms with van der Waals surface area (Å²) in [5.74, 6) is 2.51. The van der Waals surface area contributed by atoms with Crippen molar-refractivity contribution in [3.63, 3.8) is 0 Å². The summed E-state index contributed by atoms with van der Waals surface area (Å²) in [5.41, 5.74) is -0.422. The second-order valence-electron chi connectivity index (χ2n) is 7.05. The van der Waals surface area contributed by atoms with E-state index in [0.717, 1.165) is 39.1 Å². The van der Waals surface area contributed by atoms with Crippen LogP contribution in [0, 0.1) is 0 Å². The molecule has 2 fully saturated rings. The lowest BCUT2D eigenvalue weighted by Crippen LogP contribution is -2.43. The number of piperidine rings is 1. The lowest BCUT2D eigenvalue weighted by Gasteiger charge is -2.33. The predicted molar refractivity (Wildman–Crippen MR) is 90.5 cm³/mol. The molecule has 2 aliphatic heterocycles. The number of nitrogens with one attached hydrogen (secondary N) is 1. The molecule has 1 atom stereocenters. The molecule has 2 saturated heterocycles. The predicted octanol–water partition coefficient (Wildman–Crippen LogP) is 2.50. The van der Waals surface area contributed by atoms with Gasteiger partial charge in [0.1, 0.15) is 5.60 Å². The second-order valence-corrected chi connectivity index (χ2v) is 8.20. The van der Waals surface area contributed by atoms with Crippen LogP contribution in [0.2, 0.25) is 0 Å². The summed E-state index contributed by atoms with van der Waals surface area (Å²) in [6, 6.07) is 0.669. The van der Waals surface area contributed by atoms with Crippen molar-refractivity contribution in [1.29, 1.82) is 0 Å². The van der Waals surface area contributed by atoms with Crippen molar-refractivity contribution in [2.24, 2.45) is 0 Å². The Kier molecular flexibility index (Phi) is 6.84. The number of thioether (sulfide) groups is 1. The molecule has 5 nitrogen and oxygen atoms in total. The Labute approximate surface area is 138 Å². The summed E-state index contributed by atoms with van der Waals surface area (Å²) in [5, 5.41) is 3.54. The molecule has 2 aliphatic rings. The maximum atomic E-state index is 12.0. The van der Waals surface area contributed by atoms with Gasteiger partial charge in [0.2, 0.25) is 0 Å². The van der Waals surface area contributed by atoms with E-state index in [-0.39, 0.29) is 12.2 Å². The van der Waals surface area contributed by atoms with Crippen LogP contribution in [0.3, 0.4) is 0 Å². The number of nitrogens with zero attached hydrogens (tertiary/aromatic N) is 1. The van der Waals surface area contributed by atoms with Gasteiger partial charge in [-0.25, -0.2) is 4.79 Å². The van der Waals surface area contributed by atoms with Crippen LogP contribution in [0.5, 0.6) is 0 Å². The van der Waals surface area contributed by atoms with Crippen molar-refractivity contribution < 1.29 is 14.3 Å². The zero-order chi connectivity index (χ0) is 16.0. The number of ether oxygens (including phenoxy) is 2. The summed E-state index contributed by atoms with van der Waals surface area (Å²) < 4.78 is 11.3. The Hall–Kier alpha value is -0.460. The molecular weight excluding hydrogens is 300 g/mol. The van der Waals surface area contributed by atoms with Gasteiger partial charge >= 0.3 is 6.09 Å². The molecule has 22 heavy (non-hydrogen) atoms. The van der Waals surface area contributed by atoms with Crippen LogP contribution in [-0.4, -0.2) is 66.5 Å². The monoisotopic (exact) mass is 330 g/mol. The molecule has 0 spiro atoms. The highest BCUT2D eigenvalue weighted by atomic mass is 32.2. The smallest absolute Gasteiger partial charge is 0.410 e. The first-order valence-corrected chi connectivity index (χ1v) is 9.50. The minimum Gasteiger partial charge on any atom is -0.444 e. The molecule has 1 unspecified atom stereocenters. The number of carbonyl (C=O) groups excluding carboxylic acids is 1. The summed E-state index contributed by atoms with van der Waals surface area (Å²) in [6.07, 6.45) is 3.15. The third-order valence-corrected chi connectivity index (χ3v) is 5.07. The Morgan fingerprint density at radius 1 is 1.27 bits per heavy atom. The molecule has 1 N–H and O–H groups in total. The van der Waals surface area contributed by atoms with Gasteiger partial charge in [-0.3, -0.25) is 0 Å². The van der Waals surface area contributed by atoms with E-state index < -0.39 is 5.60 Å². The molecule has 0 aromatic rings. The molecule has 0 radical (unpaired) electrons. The van der Waals surface area contributed by atoms with Gasteiger partial charge < -0.3 is 19.7 Å². The number of hydrogen-bond acceptors (Lipinski definition) is 5. The average molecular weight is 330 g/mol. The lowest BCUT2D eigenvalue weighted by molar-refractivity contribution is -0.0107. The minimum atomic E-state index is -0.422. The zero-order valence-corrected chi connectivity index (χ0v) is 14.9. The fourth-order valence-electron chi connectivity index (χ4n) is 2.72. The molecule has 6 heteroatoms. The summed E-state index contributed by atoms with van der Waals surface area (Å²) in [4.78, 5) is 13.8. The Bertz CT molecular complexity index is 346. The number of carbonyl (C=O) groups is 1. The topological polar surface area (TPSA) is 50.8 Å². The van der Waals surface area contributed by atoms with E-state index in [4.69, 9.17) is 9.47 Å². The van der Waals surface area contributed by atoms with Gasteiger partial charge in [-0.2, -0.15) is 11.8 Å². The molecular formula is C16H30N2O3S. The van der Waals surface area contributed by atoms with Crippen molar-refractivity contribution in [2.45, 2.75) is 57.8 Å². The Morgan fingerprint density at radius 3 is 2.59 bits per heavy atom. The van der Waals surface area contributed by atoms with Crippen LogP contribution >= 0.6 is 11.8 Å². The van der Waals surface area contributed by atoms with Gasteiger partial charge in [-0.1, -0.05) is 0 Å². The van der Waals surface area contributed by atoms with Crippen LogP contribution < -0.4 is 5.32 Å². The standard InChI is InChI=1S/C16H30N2O3S/c1-16(2,3)21-15(19)18-8-4-14(5-9-18)20-10-7-17-13-6-11-22-12-13/h13-14,17H,4-12H2,1-3H3. The molecule has 1 amide bonds. The number of hydrogen-bond donors (Lipinski definition) is 1.